The second kappa shape index (κ2) is 86.0. The van der Waals surface area contributed by atoms with Crippen molar-refractivity contribution in [3.63, 3.8) is 0 Å². The van der Waals surface area contributed by atoms with E-state index in [4.69, 9.17) is 32.3 Å². The molecular formula is C95H158O16P2. The number of aliphatic hydroxyl groups is 2. The molecule has 0 heterocycles. The van der Waals surface area contributed by atoms with Crippen LogP contribution in [0, 0.1) is 0 Å². The molecule has 0 aliphatic carbocycles. The smallest absolute Gasteiger partial charge is 0.463 e. The average molecular weight is 1620 g/mol. The fourth-order valence-corrected chi connectivity index (χ4v) is 13.1. The molecule has 0 aromatic heterocycles. The maximum Gasteiger partial charge on any atom is 0.472 e. The Labute approximate surface area is 687 Å². The first-order chi connectivity index (χ1) is 55.2. The van der Waals surface area contributed by atoms with Crippen LogP contribution >= 0.6 is 15.6 Å². The van der Waals surface area contributed by atoms with E-state index in [-0.39, 0.29) is 19.3 Å². The standard InChI is InChI=1S/C95H158O16P2/c1-4-7-10-13-16-19-22-25-28-31-34-37-39-41-42-43-44-45-46-48-50-52-54-57-60-63-66-69-72-75-78-81-93(98)105-84-90(96)85-107-112(101,102)108-86-91(97)87-109-113(103,104)110-89-92(111-95(100)83-80-77-74-71-68-65-62-59-56-51-36-33-30-27-24-21-18-15-12-9-6-3)88-106-94(99)82-79-76-73-70-67-64-61-58-55-53-49-47-40-38-35-32-29-26-23-20-17-14-11-8-5-2/h8-9,11-12,16-21,25-30,34-38,41-42,47,49,51,59,62,68,71,90-92,96-97H,4-7,10,13-15,22-24,31-33,39-40,43-46,48,50,52-58,60-61,63-67,69-70,72-89H2,1-3H3,(H,101,102)(H,103,104)/b11-8-,12-9-,19-16-,20-17-,21-18-,28-25-,29-26-,30-27-,37-34-,38-35-,42-41-,49-47-,51-36-,62-59-,71-68-. The van der Waals surface area contributed by atoms with Crippen molar-refractivity contribution < 1.29 is 75.8 Å². The zero-order valence-electron chi connectivity index (χ0n) is 70.7. The summed E-state index contributed by atoms with van der Waals surface area (Å²) < 4.78 is 61.3. The summed E-state index contributed by atoms with van der Waals surface area (Å²) in [5.74, 6) is -1.64. The van der Waals surface area contributed by atoms with Crippen molar-refractivity contribution in [2.24, 2.45) is 0 Å². The Morgan fingerprint density at radius 3 is 0.761 bits per heavy atom. The van der Waals surface area contributed by atoms with Gasteiger partial charge in [-0.1, -0.05) is 344 Å². The van der Waals surface area contributed by atoms with Crippen LogP contribution in [0.5, 0.6) is 0 Å². The summed E-state index contributed by atoms with van der Waals surface area (Å²) in [4.78, 5) is 58.9. The van der Waals surface area contributed by atoms with Gasteiger partial charge in [0.1, 0.15) is 25.4 Å². The minimum atomic E-state index is -4.96. The molecule has 5 atom stereocenters. The number of carbonyl (C=O) groups excluding carboxylic acids is 3. The van der Waals surface area contributed by atoms with Crippen molar-refractivity contribution in [2.75, 3.05) is 39.6 Å². The van der Waals surface area contributed by atoms with Crippen LogP contribution in [0.2, 0.25) is 0 Å². The molecule has 0 saturated heterocycles. The van der Waals surface area contributed by atoms with Gasteiger partial charge in [0.15, 0.2) is 6.10 Å². The molecule has 0 aliphatic heterocycles. The predicted molar refractivity (Wildman–Crippen MR) is 472 cm³/mol. The SMILES string of the molecule is CC/C=C\C/C=C\C/C=C\C/C=C\C/C=C\C/C=C\CCCCC(=O)OC(COC(=O)CCCCCCCCCCC/C=C\C/C=C\C/C=C\C/C=C\C/C=C\CC)COP(=O)(O)OCC(O)COP(=O)(O)OCC(O)COC(=O)CCCCCCCCCCCCCCCCC/C=C\C/C=C\C/C=C\C/C=C\CCCCC. The van der Waals surface area contributed by atoms with Gasteiger partial charge in [-0.3, -0.25) is 32.5 Å². The number of unbranched alkanes of at least 4 members (excludes halogenated alkanes) is 29. The second-order valence-electron chi connectivity index (χ2n) is 28.9. The minimum absolute atomic E-state index is 0.0416. The lowest BCUT2D eigenvalue weighted by atomic mass is 10.0. The maximum atomic E-state index is 13.0. The highest BCUT2D eigenvalue weighted by molar-refractivity contribution is 7.47. The van der Waals surface area contributed by atoms with E-state index < -0.39 is 91.5 Å². The molecule has 0 fully saturated rings. The van der Waals surface area contributed by atoms with Gasteiger partial charge in [0.05, 0.1) is 26.4 Å². The predicted octanol–water partition coefficient (Wildman–Crippen LogP) is 26.9. The number of allylic oxidation sites excluding steroid dienone is 30. The van der Waals surface area contributed by atoms with Crippen LogP contribution in [0.4, 0.5) is 0 Å². The molecule has 4 N–H and O–H groups in total. The number of rotatable bonds is 82. The van der Waals surface area contributed by atoms with Gasteiger partial charge in [-0.2, -0.15) is 0 Å². The van der Waals surface area contributed by atoms with Crippen molar-refractivity contribution in [1.82, 2.24) is 0 Å². The van der Waals surface area contributed by atoms with E-state index in [1.54, 1.807) is 0 Å². The van der Waals surface area contributed by atoms with Gasteiger partial charge in [0, 0.05) is 19.3 Å². The van der Waals surface area contributed by atoms with Crippen LogP contribution in [0.25, 0.3) is 0 Å². The fraction of sp³-hybridized carbons (Fsp3) is 0.653. The molecule has 113 heavy (non-hydrogen) atoms. The molecule has 5 unspecified atom stereocenters. The van der Waals surface area contributed by atoms with Crippen molar-refractivity contribution in [2.45, 2.75) is 360 Å². The highest BCUT2D eigenvalue weighted by atomic mass is 31.2. The van der Waals surface area contributed by atoms with Gasteiger partial charge in [0.2, 0.25) is 0 Å². The second-order valence-corrected chi connectivity index (χ2v) is 31.8. The molecule has 0 aromatic carbocycles. The number of ether oxygens (including phenoxy) is 3. The first-order valence-corrected chi connectivity index (χ1v) is 47.1. The van der Waals surface area contributed by atoms with Gasteiger partial charge >= 0.3 is 33.6 Å². The quantitative estimate of drug-likeness (QED) is 0.0146. The number of phosphoric acid groups is 2. The van der Waals surface area contributed by atoms with E-state index in [2.05, 4.69) is 203 Å². The molecule has 18 heteroatoms. The summed E-state index contributed by atoms with van der Waals surface area (Å²) >= 11 is 0. The Morgan fingerprint density at radius 2 is 0.469 bits per heavy atom. The Balaban J connectivity index is 4.64. The van der Waals surface area contributed by atoms with Crippen LogP contribution < -0.4 is 0 Å². The third-order valence-electron chi connectivity index (χ3n) is 18.1. The summed E-state index contributed by atoms with van der Waals surface area (Å²) in [7, 11) is -9.83. The lowest BCUT2D eigenvalue weighted by Gasteiger charge is -2.21. The summed E-state index contributed by atoms with van der Waals surface area (Å²) in [6.45, 7) is 2.38. The first kappa shape index (κ1) is 108. The van der Waals surface area contributed by atoms with E-state index >= 15 is 0 Å². The highest BCUT2D eigenvalue weighted by Gasteiger charge is 2.29. The number of hydrogen-bond donors (Lipinski definition) is 4. The minimum Gasteiger partial charge on any atom is -0.463 e. The van der Waals surface area contributed by atoms with E-state index in [0.29, 0.717) is 25.7 Å². The summed E-state index contributed by atoms with van der Waals surface area (Å²) in [6.07, 6.45) is 112. The van der Waals surface area contributed by atoms with Gasteiger partial charge in [0.25, 0.3) is 0 Å². The van der Waals surface area contributed by atoms with Crippen molar-refractivity contribution in [3.05, 3.63) is 182 Å². The van der Waals surface area contributed by atoms with E-state index in [1.165, 1.54) is 128 Å². The van der Waals surface area contributed by atoms with Crippen LogP contribution in [-0.2, 0) is 55.8 Å². The number of phosphoric ester groups is 2. The van der Waals surface area contributed by atoms with Crippen molar-refractivity contribution >= 4 is 33.6 Å². The van der Waals surface area contributed by atoms with E-state index in [0.717, 1.165) is 148 Å². The summed E-state index contributed by atoms with van der Waals surface area (Å²) in [5, 5.41) is 20.7. The van der Waals surface area contributed by atoms with E-state index in [9.17, 15) is 43.5 Å². The molecule has 0 rings (SSSR count). The highest BCUT2D eigenvalue weighted by Crippen LogP contribution is 2.45. The molecule has 16 nitrogen and oxygen atoms in total. The largest absolute Gasteiger partial charge is 0.472 e. The van der Waals surface area contributed by atoms with Crippen LogP contribution in [0.15, 0.2) is 182 Å². The van der Waals surface area contributed by atoms with Gasteiger partial charge in [-0.25, -0.2) is 9.13 Å². The van der Waals surface area contributed by atoms with E-state index in [1.807, 2.05) is 0 Å². The molecule has 0 radical (unpaired) electrons. The Bertz CT molecular complexity index is 2780. The molecule has 0 bridgehead atoms. The monoisotopic (exact) mass is 1620 g/mol. The fourth-order valence-electron chi connectivity index (χ4n) is 11.5. The number of aliphatic hydroxyl groups excluding tert-OH is 2. The molecule has 0 saturated carbocycles. The summed E-state index contributed by atoms with van der Waals surface area (Å²) in [6, 6.07) is 0. The Kier molecular flexibility index (Phi) is 81.9. The third-order valence-corrected chi connectivity index (χ3v) is 20.0. The molecule has 0 spiro atoms. The van der Waals surface area contributed by atoms with Gasteiger partial charge < -0.3 is 34.2 Å². The lowest BCUT2D eigenvalue weighted by molar-refractivity contribution is -0.161. The molecule has 0 aliphatic rings. The van der Waals surface area contributed by atoms with Crippen LogP contribution in [0.1, 0.15) is 342 Å². The zero-order valence-corrected chi connectivity index (χ0v) is 72.5. The van der Waals surface area contributed by atoms with Gasteiger partial charge in [-0.15, -0.1) is 0 Å². The van der Waals surface area contributed by atoms with Crippen molar-refractivity contribution in [3.8, 4) is 0 Å². The molecular weight excluding hydrogens is 1460 g/mol. The Hall–Kier alpha value is -5.35. The lowest BCUT2D eigenvalue weighted by Crippen LogP contribution is -2.30. The summed E-state index contributed by atoms with van der Waals surface area (Å²) in [5.41, 5.74) is 0. The first-order valence-electron chi connectivity index (χ1n) is 44.1. The topological polar surface area (TPSA) is 231 Å². The molecule has 644 valence electrons. The van der Waals surface area contributed by atoms with Crippen molar-refractivity contribution in [1.29, 1.82) is 0 Å². The van der Waals surface area contributed by atoms with Gasteiger partial charge in [-0.05, 0) is 161 Å². The average Bonchev–Trinajstić information content (AvgIpc) is 0.901. The number of esters is 3. The molecule has 0 amide bonds. The van der Waals surface area contributed by atoms with Crippen LogP contribution in [0.3, 0.4) is 0 Å². The molecule has 0 aromatic rings. The zero-order chi connectivity index (χ0) is 82.2. The number of hydrogen-bond acceptors (Lipinski definition) is 14. The van der Waals surface area contributed by atoms with Crippen LogP contribution in [-0.4, -0.2) is 95.9 Å². The maximum absolute atomic E-state index is 13.0. The third kappa shape index (κ3) is 87.3. The number of carbonyl (C=O) groups is 3. The Morgan fingerprint density at radius 1 is 0.257 bits per heavy atom. The normalized spacial score (nSPS) is 14.7.